The van der Waals surface area contributed by atoms with Gasteiger partial charge in [-0.25, -0.2) is 0 Å². The molecule has 4 nitrogen and oxygen atoms in total. The Morgan fingerprint density at radius 1 is 1.83 bits per heavy atom. The molecule has 12 heavy (non-hydrogen) atoms. The molecule has 1 aliphatic rings. The molecule has 0 bridgehead atoms. The second-order valence-electron chi connectivity index (χ2n) is 2.63. The van der Waals surface area contributed by atoms with Crippen molar-refractivity contribution in [1.82, 2.24) is 0 Å². The van der Waals surface area contributed by atoms with Crippen molar-refractivity contribution < 1.29 is 19.4 Å². The first-order valence-electron chi connectivity index (χ1n) is 3.82. The topological polar surface area (TPSA) is 55.8 Å². The standard InChI is InChI=1S/C8H12O4/c1-2-3-7(9)12-6-4-8(10)11-5-6/h2,6,8,10H,1,3-5H2/t6-,8?/m0/s1. The van der Waals surface area contributed by atoms with Crippen LogP contribution in [0, 0.1) is 0 Å². The molecule has 0 aromatic rings. The van der Waals surface area contributed by atoms with Gasteiger partial charge < -0.3 is 14.6 Å². The summed E-state index contributed by atoms with van der Waals surface area (Å²) in [6, 6.07) is 0. The van der Waals surface area contributed by atoms with Crippen LogP contribution in [0.2, 0.25) is 0 Å². The van der Waals surface area contributed by atoms with E-state index < -0.39 is 6.29 Å². The van der Waals surface area contributed by atoms with Crippen LogP contribution in [0.15, 0.2) is 12.7 Å². The highest BCUT2D eigenvalue weighted by atomic mass is 16.6. The van der Waals surface area contributed by atoms with Crippen LogP contribution in [0.4, 0.5) is 0 Å². The molecule has 1 fully saturated rings. The molecule has 1 saturated heterocycles. The van der Waals surface area contributed by atoms with Gasteiger partial charge in [0.1, 0.15) is 6.10 Å². The first-order chi connectivity index (χ1) is 5.72. The van der Waals surface area contributed by atoms with Gasteiger partial charge in [-0.05, 0) is 0 Å². The van der Waals surface area contributed by atoms with Crippen LogP contribution in [0.3, 0.4) is 0 Å². The largest absolute Gasteiger partial charge is 0.459 e. The van der Waals surface area contributed by atoms with E-state index in [1.807, 2.05) is 0 Å². The van der Waals surface area contributed by atoms with Gasteiger partial charge in [0.2, 0.25) is 0 Å². The third-order valence-corrected chi connectivity index (χ3v) is 1.55. The Morgan fingerprint density at radius 3 is 3.08 bits per heavy atom. The summed E-state index contributed by atoms with van der Waals surface area (Å²) >= 11 is 0. The van der Waals surface area contributed by atoms with E-state index in [0.29, 0.717) is 6.42 Å². The summed E-state index contributed by atoms with van der Waals surface area (Å²) in [7, 11) is 0. The van der Waals surface area contributed by atoms with Crippen molar-refractivity contribution in [2.24, 2.45) is 0 Å². The molecular formula is C8H12O4. The maximum absolute atomic E-state index is 10.9. The lowest BCUT2D eigenvalue weighted by atomic mass is 10.3. The van der Waals surface area contributed by atoms with Crippen molar-refractivity contribution in [3.05, 3.63) is 12.7 Å². The van der Waals surface area contributed by atoms with E-state index in [-0.39, 0.29) is 25.1 Å². The molecule has 1 aliphatic heterocycles. The number of carbonyl (C=O) groups excluding carboxylic acids is 1. The molecule has 1 N–H and O–H groups in total. The van der Waals surface area contributed by atoms with Crippen molar-refractivity contribution >= 4 is 5.97 Å². The fraction of sp³-hybridized carbons (Fsp3) is 0.625. The van der Waals surface area contributed by atoms with Crippen molar-refractivity contribution in [3.8, 4) is 0 Å². The zero-order chi connectivity index (χ0) is 8.97. The monoisotopic (exact) mass is 172 g/mol. The highest BCUT2D eigenvalue weighted by Gasteiger charge is 2.26. The maximum Gasteiger partial charge on any atom is 0.309 e. The van der Waals surface area contributed by atoms with Crippen LogP contribution in [0.5, 0.6) is 0 Å². The number of aliphatic hydroxyl groups is 1. The fourth-order valence-electron chi connectivity index (χ4n) is 1.01. The Hall–Kier alpha value is -0.870. The minimum Gasteiger partial charge on any atom is -0.459 e. The molecule has 0 amide bonds. The average Bonchev–Trinajstić information content (AvgIpc) is 2.36. The van der Waals surface area contributed by atoms with Crippen molar-refractivity contribution in [2.75, 3.05) is 6.61 Å². The summed E-state index contributed by atoms with van der Waals surface area (Å²) in [6.45, 7) is 3.69. The SMILES string of the molecule is C=CCC(=O)O[C@@H]1COC(O)C1. The van der Waals surface area contributed by atoms with Gasteiger partial charge in [0.05, 0.1) is 13.0 Å². The first kappa shape index (κ1) is 9.22. The predicted molar refractivity (Wildman–Crippen MR) is 41.3 cm³/mol. The van der Waals surface area contributed by atoms with Gasteiger partial charge in [-0.2, -0.15) is 0 Å². The van der Waals surface area contributed by atoms with Crippen LogP contribution in [-0.4, -0.2) is 30.1 Å². The minimum absolute atomic E-state index is 0.201. The zero-order valence-electron chi connectivity index (χ0n) is 6.73. The lowest BCUT2D eigenvalue weighted by Gasteiger charge is -2.07. The van der Waals surface area contributed by atoms with E-state index in [1.165, 1.54) is 6.08 Å². The average molecular weight is 172 g/mol. The highest BCUT2D eigenvalue weighted by Crippen LogP contribution is 2.14. The van der Waals surface area contributed by atoms with E-state index >= 15 is 0 Å². The van der Waals surface area contributed by atoms with Gasteiger partial charge >= 0.3 is 5.97 Å². The van der Waals surface area contributed by atoms with Gasteiger partial charge in [0.25, 0.3) is 0 Å². The number of esters is 1. The second kappa shape index (κ2) is 4.23. The quantitative estimate of drug-likeness (QED) is 0.488. The summed E-state index contributed by atoms with van der Waals surface area (Å²) in [5.74, 6) is -0.326. The molecule has 0 aliphatic carbocycles. The third kappa shape index (κ3) is 2.64. The fourth-order valence-corrected chi connectivity index (χ4v) is 1.01. The zero-order valence-corrected chi connectivity index (χ0v) is 6.73. The molecule has 1 rings (SSSR count). The van der Waals surface area contributed by atoms with Crippen LogP contribution >= 0.6 is 0 Å². The molecule has 1 heterocycles. The minimum atomic E-state index is -0.786. The molecular weight excluding hydrogens is 160 g/mol. The van der Waals surface area contributed by atoms with Crippen molar-refractivity contribution in [2.45, 2.75) is 25.2 Å². The smallest absolute Gasteiger partial charge is 0.309 e. The van der Waals surface area contributed by atoms with Gasteiger partial charge in [-0.1, -0.05) is 6.08 Å². The van der Waals surface area contributed by atoms with Crippen LogP contribution in [0.25, 0.3) is 0 Å². The second-order valence-corrected chi connectivity index (χ2v) is 2.63. The summed E-state index contributed by atoms with van der Waals surface area (Å²) in [4.78, 5) is 10.9. The predicted octanol–water partition coefficient (Wildman–Crippen LogP) is 0.213. The molecule has 68 valence electrons. The summed E-state index contributed by atoms with van der Waals surface area (Å²) < 4.78 is 9.72. The number of aliphatic hydroxyl groups excluding tert-OH is 1. The van der Waals surface area contributed by atoms with Gasteiger partial charge in [-0.15, -0.1) is 6.58 Å². The van der Waals surface area contributed by atoms with Gasteiger partial charge in [-0.3, -0.25) is 4.79 Å². The summed E-state index contributed by atoms with van der Waals surface area (Å²) in [5, 5.41) is 8.91. The summed E-state index contributed by atoms with van der Waals surface area (Å²) in [6.07, 6.45) is 0.961. The molecule has 1 unspecified atom stereocenters. The Morgan fingerprint density at radius 2 is 2.58 bits per heavy atom. The molecule has 0 radical (unpaired) electrons. The Balaban J connectivity index is 2.22. The normalized spacial score (nSPS) is 28.4. The van der Waals surface area contributed by atoms with Crippen LogP contribution in [0.1, 0.15) is 12.8 Å². The number of rotatable bonds is 3. The molecule has 0 aromatic heterocycles. The number of ether oxygens (including phenoxy) is 2. The molecule has 4 heteroatoms. The third-order valence-electron chi connectivity index (χ3n) is 1.55. The van der Waals surface area contributed by atoms with Crippen molar-refractivity contribution in [1.29, 1.82) is 0 Å². The van der Waals surface area contributed by atoms with E-state index in [4.69, 9.17) is 14.6 Å². The molecule has 2 atom stereocenters. The van der Waals surface area contributed by atoms with Crippen LogP contribution in [-0.2, 0) is 14.3 Å². The molecule has 0 saturated carbocycles. The first-order valence-corrected chi connectivity index (χ1v) is 3.82. The summed E-state index contributed by atoms with van der Waals surface area (Å²) in [5.41, 5.74) is 0. The maximum atomic E-state index is 10.9. The van der Waals surface area contributed by atoms with Crippen molar-refractivity contribution in [3.63, 3.8) is 0 Å². The Labute approximate surface area is 70.8 Å². The van der Waals surface area contributed by atoms with E-state index in [2.05, 4.69) is 6.58 Å². The lowest BCUT2D eigenvalue weighted by Crippen LogP contribution is -2.17. The van der Waals surface area contributed by atoms with Gasteiger partial charge in [0.15, 0.2) is 6.29 Å². The van der Waals surface area contributed by atoms with E-state index in [9.17, 15) is 4.79 Å². The highest BCUT2D eigenvalue weighted by molar-refractivity contribution is 5.71. The number of hydrogen-bond donors (Lipinski definition) is 1. The molecule has 0 spiro atoms. The van der Waals surface area contributed by atoms with Crippen LogP contribution < -0.4 is 0 Å². The number of hydrogen-bond acceptors (Lipinski definition) is 4. The lowest BCUT2D eigenvalue weighted by molar-refractivity contribution is -0.147. The van der Waals surface area contributed by atoms with Gasteiger partial charge in [0, 0.05) is 6.42 Å². The molecule has 0 aromatic carbocycles. The number of carbonyl (C=O) groups is 1. The Bertz CT molecular complexity index is 178. The van der Waals surface area contributed by atoms with E-state index in [1.54, 1.807) is 0 Å². The van der Waals surface area contributed by atoms with E-state index in [0.717, 1.165) is 0 Å². The Kier molecular flexibility index (Phi) is 3.25.